The standard InChI is InChI=1S/C18H20ClN3O3/c1-3-16(13-4-6-14(19)7-5-13)20-11-18(23)21-17-9-8-15(22(24)25)10-12(17)2/h4-10,16,20H,3,11H2,1-2H3,(H,21,23). The Hall–Kier alpha value is -2.44. The normalized spacial score (nSPS) is 11.8. The van der Waals surface area contributed by atoms with E-state index in [1.165, 1.54) is 12.1 Å². The molecule has 0 saturated carbocycles. The Balaban J connectivity index is 1.95. The summed E-state index contributed by atoms with van der Waals surface area (Å²) in [7, 11) is 0. The van der Waals surface area contributed by atoms with E-state index in [2.05, 4.69) is 10.6 Å². The lowest BCUT2D eigenvalue weighted by Crippen LogP contribution is -2.31. The summed E-state index contributed by atoms with van der Waals surface area (Å²) in [6, 6.07) is 11.9. The minimum Gasteiger partial charge on any atom is -0.325 e. The van der Waals surface area contributed by atoms with Crippen molar-refractivity contribution in [2.45, 2.75) is 26.3 Å². The predicted molar refractivity (Wildman–Crippen MR) is 98.9 cm³/mol. The van der Waals surface area contributed by atoms with Gasteiger partial charge in [-0.2, -0.15) is 0 Å². The number of anilines is 1. The molecule has 0 spiro atoms. The van der Waals surface area contributed by atoms with Crippen LogP contribution in [0.4, 0.5) is 11.4 Å². The number of hydrogen-bond acceptors (Lipinski definition) is 4. The molecule has 0 aliphatic rings. The average Bonchev–Trinajstić information content (AvgIpc) is 2.58. The molecule has 0 aliphatic heterocycles. The summed E-state index contributed by atoms with van der Waals surface area (Å²) in [4.78, 5) is 22.5. The van der Waals surface area contributed by atoms with Crippen LogP contribution in [0.15, 0.2) is 42.5 Å². The molecule has 2 N–H and O–H groups in total. The van der Waals surface area contributed by atoms with E-state index in [4.69, 9.17) is 11.6 Å². The van der Waals surface area contributed by atoms with E-state index in [0.29, 0.717) is 16.3 Å². The molecule has 0 aliphatic carbocycles. The van der Waals surface area contributed by atoms with Crippen LogP contribution >= 0.6 is 11.6 Å². The van der Waals surface area contributed by atoms with Gasteiger partial charge in [-0.25, -0.2) is 0 Å². The highest BCUT2D eigenvalue weighted by Gasteiger charge is 2.13. The third-order valence-electron chi connectivity index (χ3n) is 3.88. The van der Waals surface area contributed by atoms with E-state index in [-0.39, 0.29) is 24.2 Å². The van der Waals surface area contributed by atoms with Gasteiger partial charge in [0.15, 0.2) is 0 Å². The lowest BCUT2D eigenvalue weighted by molar-refractivity contribution is -0.384. The number of carbonyl (C=O) groups excluding carboxylic acids is 1. The Labute approximate surface area is 151 Å². The average molecular weight is 362 g/mol. The second-order valence-corrected chi connectivity index (χ2v) is 6.13. The van der Waals surface area contributed by atoms with Crippen LogP contribution in [-0.4, -0.2) is 17.4 Å². The first-order valence-corrected chi connectivity index (χ1v) is 8.32. The summed E-state index contributed by atoms with van der Waals surface area (Å²) < 4.78 is 0. The maximum Gasteiger partial charge on any atom is 0.269 e. The first-order chi connectivity index (χ1) is 11.9. The van der Waals surface area contributed by atoms with Crippen molar-refractivity contribution in [3.63, 3.8) is 0 Å². The van der Waals surface area contributed by atoms with Gasteiger partial charge in [0.05, 0.1) is 11.5 Å². The summed E-state index contributed by atoms with van der Waals surface area (Å²) in [5.41, 5.74) is 2.28. The first kappa shape index (κ1) is 18.9. The number of amides is 1. The second kappa shape index (κ2) is 8.60. The van der Waals surface area contributed by atoms with Gasteiger partial charge in [0.2, 0.25) is 5.91 Å². The molecule has 1 unspecified atom stereocenters. The van der Waals surface area contributed by atoms with Crippen molar-refractivity contribution in [3.8, 4) is 0 Å². The minimum absolute atomic E-state index is 0.00223. The molecule has 6 nitrogen and oxygen atoms in total. The Morgan fingerprint density at radius 3 is 2.48 bits per heavy atom. The van der Waals surface area contributed by atoms with E-state index in [0.717, 1.165) is 12.0 Å². The Morgan fingerprint density at radius 1 is 1.24 bits per heavy atom. The van der Waals surface area contributed by atoms with Crippen LogP contribution in [0.2, 0.25) is 5.02 Å². The number of hydrogen-bond donors (Lipinski definition) is 2. The van der Waals surface area contributed by atoms with Gasteiger partial charge in [-0.3, -0.25) is 14.9 Å². The van der Waals surface area contributed by atoms with Crippen LogP contribution in [0.3, 0.4) is 0 Å². The van der Waals surface area contributed by atoms with Gasteiger partial charge in [-0.1, -0.05) is 30.7 Å². The van der Waals surface area contributed by atoms with Crippen LogP contribution in [0.5, 0.6) is 0 Å². The summed E-state index contributed by atoms with van der Waals surface area (Å²) in [6.07, 6.45) is 0.825. The van der Waals surface area contributed by atoms with Crippen molar-refractivity contribution in [2.75, 3.05) is 11.9 Å². The van der Waals surface area contributed by atoms with Crippen molar-refractivity contribution < 1.29 is 9.72 Å². The van der Waals surface area contributed by atoms with E-state index in [1.807, 2.05) is 31.2 Å². The molecular weight excluding hydrogens is 342 g/mol. The van der Waals surface area contributed by atoms with E-state index in [1.54, 1.807) is 13.0 Å². The maximum atomic E-state index is 12.2. The van der Waals surface area contributed by atoms with Crippen LogP contribution < -0.4 is 10.6 Å². The third kappa shape index (κ3) is 5.27. The molecule has 0 saturated heterocycles. The molecule has 2 rings (SSSR count). The van der Waals surface area contributed by atoms with Crippen molar-refractivity contribution in [3.05, 3.63) is 68.7 Å². The smallest absolute Gasteiger partial charge is 0.269 e. The van der Waals surface area contributed by atoms with Crippen molar-refractivity contribution in [2.24, 2.45) is 0 Å². The fourth-order valence-electron chi connectivity index (χ4n) is 2.50. The summed E-state index contributed by atoms with van der Waals surface area (Å²) in [6.45, 7) is 3.89. The van der Waals surface area contributed by atoms with Crippen molar-refractivity contribution >= 4 is 28.9 Å². The van der Waals surface area contributed by atoms with Crippen molar-refractivity contribution in [1.29, 1.82) is 0 Å². The zero-order chi connectivity index (χ0) is 18.4. The number of benzene rings is 2. The molecule has 0 heterocycles. The van der Waals surface area contributed by atoms with E-state index < -0.39 is 4.92 Å². The van der Waals surface area contributed by atoms with Crippen LogP contribution in [0.25, 0.3) is 0 Å². The highest BCUT2D eigenvalue weighted by molar-refractivity contribution is 6.30. The van der Waals surface area contributed by atoms with Crippen molar-refractivity contribution in [1.82, 2.24) is 5.32 Å². The van der Waals surface area contributed by atoms with Gasteiger partial charge in [-0.05, 0) is 42.7 Å². The number of nitro benzene ring substituents is 1. The van der Waals surface area contributed by atoms with Gasteiger partial charge in [-0.15, -0.1) is 0 Å². The number of nitrogens with zero attached hydrogens (tertiary/aromatic N) is 1. The second-order valence-electron chi connectivity index (χ2n) is 5.70. The largest absolute Gasteiger partial charge is 0.325 e. The number of nitrogens with one attached hydrogen (secondary N) is 2. The highest BCUT2D eigenvalue weighted by atomic mass is 35.5. The predicted octanol–water partition coefficient (Wildman–Crippen LogP) is 4.24. The molecule has 0 bridgehead atoms. The Bertz CT molecular complexity index is 763. The number of rotatable bonds is 7. The molecule has 0 fully saturated rings. The molecule has 1 atom stereocenters. The zero-order valence-corrected chi connectivity index (χ0v) is 14.8. The molecule has 0 radical (unpaired) electrons. The summed E-state index contributed by atoms with van der Waals surface area (Å²) in [5.74, 6) is -0.204. The van der Waals surface area contributed by atoms with Crippen LogP contribution in [0, 0.1) is 17.0 Å². The number of non-ortho nitro benzene ring substituents is 1. The number of aryl methyl sites for hydroxylation is 1. The molecule has 7 heteroatoms. The van der Waals surface area contributed by atoms with E-state index >= 15 is 0 Å². The molecule has 1 amide bonds. The van der Waals surface area contributed by atoms with Gasteiger partial charge in [0.25, 0.3) is 5.69 Å². The fraction of sp³-hybridized carbons (Fsp3) is 0.278. The number of carbonyl (C=O) groups is 1. The summed E-state index contributed by atoms with van der Waals surface area (Å²) in [5, 5.41) is 17.4. The van der Waals surface area contributed by atoms with E-state index in [9.17, 15) is 14.9 Å². The third-order valence-corrected chi connectivity index (χ3v) is 4.14. The van der Waals surface area contributed by atoms with Gasteiger partial charge in [0, 0.05) is 28.9 Å². The number of halogens is 1. The SMILES string of the molecule is CCC(NCC(=O)Nc1ccc([N+](=O)[O-])cc1C)c1ccc(Cl)cc1. The van der Waals surface area contributed by atoms with Crippen LogP contribution in [-0.2, 0) is 4.79 Å². The fourth-order valence-corrected chi connectivity index (χ4v) is 2.63. The monoisotopic (exact) mass is 361 g/mol. The first-order valence-electron chi connectivity index (χ1n) is 7.94. The zero-order valence-electron chi connectivity index (χ0n) is 14.1. The lowest BCUT2D eigenvalue weighted by atomic mass is 10.0. The van der Waals surface area contributed by atoms with Gasteiger partial charge in [0.1, 0.15) is 0 Å². The Kier molecular flexibility index (Phi) is 6.50. The molecule has 2 aromatic rings. The molecular formula is C18H20ClN3O3. The van der Waals surface area contributed by atoms with Gasteiger partial charge < -0.3 is 10.6 Å². The molecule has 0 aromatic heterocycles. The molecule has 132 valence electrons. The highest BCUT2D eigenvalue weighted by Crippen LogP contribution is 2.21. The summed E-state index contributed by atoms with van der Waals surface area (Å²) >= 11 is 5.90. The maximum absolute atomic E-state index is 12.2. The number of nitro groups is 1. The molecule has 25 heavy (non-hydrogen) atoms. The topological polar surface area (TPSA) is 84.3 Å². The lowest BCUT2D eigenvalue weighted by Gasteiger charge is -2.17. The van der Waals surface area contributed by atoms with Crippen LogP contribution in [0.1, 0.15) is 30.5 Å². The molecule has 2 aromatic carbocycles. The Morgan fingerprint density at radius 2 is 1.92 bits per heavy atom. The quantitative estimate of drug-likeness (QED) is 0.570. The van der Waals surface area contributed by atoms with Gasteiger partial charge >= 0.3 is 0 Å². The minimum atomic E-state index is -0.460.